The molecule has 0 spiro atoms. The van der Waals surface area contributed by atoms with E-state index in [9.17, 15) is 4.79 Å². The summed E-state index contributed by atoms with van der Waals surface area (Å²) >= 11 is 6.25. The van der Waals surface area contributed by atoms with Crippen molar-refractivity contribution in [2.45, 2.75) is 6.92 Å². The molecule has 3 rings (SSSR count). The van der Waals surface area contributed by atoms with Crippen molar-refractivity contribution in [3.63, 3.8) is 0 Å². The summed E-state index contributed by atoms with van der Waals surface area (Å²) in [5.74, 6) is 0.905. The van der Waals surface area contributed by atoms with Gasteiger partial charge >= 0.3 is 0 Å². The molecular weight excluding hydrogens is 321 g/mol. The largest absolute Gasteiger partial charge is 0.367 e. The van der Waals surface area contributed by atoms with Gasteiger partial charge in [0.05, 0.1) is 16.6 Å². The molecular formula is C16H23Cl2N3O. The summed E-state index contributed by atoms with van der Waals surface area (Å²) in [6.45, 7) is 7.21. The van der Waals surface area contributed by atoms with Gasteiger partial charge in [0, 0.05) is 32.7 Å². The molecule has 4 nitrogen and oxygen atoms in total. The lowest BCUT2D eigenvalue weighted by Crippen LogP contribution is -2.51. The second-order valence-electron chi connectivity index (χ2n) is 6.01. The van der Waals surface area contributed by atoms with Gasteiger partial charge < -0.3 is 15.1 Å². The third kappa shape index (κ3) is 3.50. The number of piperazine rings is 1. The molecule has 0 aromatic heterocycles. The number of amides is 1. The molecule has 1 amide bonds. The van der Waals surface area contributed by atoms with Crippen LogP contribution in [0.2, 0.25) is 5.02 Å². The standard InChI is InChI=1S/C16H22ClN3O.ClH/c1-12-10-18-11-13(12)16(21)20-8-6-19(7-9-20)15-5-3-2-4-14(15)17;/h2-5,12-13,18H,6-11H2,1H3;1H/t12-,13-;/m1./s1. The number of halogens is 2. The van der Waals surface area contributed by atoms with Crippen LogP contribution in [0.15, 0.2) is 24.3 Å². The summed E-state index contributed by atoms with van der Waals surface area (Å²) in [4.78, 5) is 16.8. The molecule has 0 bridgehead atoms. The number of nitrogens with zero attached hydrogens (tertiary/aromatic N) is 2. The van der Waals surface area contributed by atoms with Gasteiger partial charge in [-0.2, -0.15) is 0 Å². The van der Waals surface area contributed by atoms with E-state index in [0.717, 1.165) is 50.0 Å². The van der Waals surface area contributed by atoms with E-state index in [1.165, 1.54) is 0 Å². The number of benzene rings is 1. The second kappa shape index (κ2) is 7.53. The van der Waals surface area contributed by atoms with Gasteiger partial charge in [-0.05, 0) is 24.6 Å². The number of hydrogen-bond acceptors (Lipinski definition) is 3. The Kier molecular flexibility index (Phi) is 5.95. The van der Waals surface area contributed by atoms with Crippen molar-refractivity contribution >= 4 is 35.6 Å². The molecule has 22 heavy (non-hydrogen) atoms. The molecule has 2 fully saturated rings. The summed E-state index contributed by atoms with van der Waals surface area (Å²) in [6, 6.07) is 7.91. The van der Waals surface area contributed by atoms with Crippen LogP contribution >= 0.6 is 24.0 Å². The van der Waals surface area contributed by atoms with Gasteiger partial charge in [0.15, 0.2) is 0 Å². The highest BCUT2D eigenvalue weighted by molar-refractivity contribution is 6.33. The van der Waals surface area contributed by atoms with E-state index >= 15 is 0 Å². The fourth-order valence-corrected chi connectivity index (χ4v) is 3.51. The number of nitrogens with one attached hydrogen (secondary N) is 1. The van der Waals surface area contributed by atoms with Crippen molar-refractivity contribution in [3.8, 4) is 0 Å². The molecule has 0 unspecified atom stereocenters. The van der Waals surface area contributed by atoms with Crippen LogP contribution in [0.5, 0.6) is 0 Å². The van der Waals surface area contributed by atoms with Crippen LogP contribution < -0.4 is 10.2 Å². The van der Waals surface area contributed by atoms with E-state index in [0.29, 0.717) is 11.8 Å². The molecule has 2 heterocycles. The summed E-state index contributed by atoms with van der Waals surface area (Å²) in [5, 5.41) is 4.09. The highest BCUT2D eigenvalue weighted by Gasteiger charge is 2.34. The number of rotatable bonds is 2. The first-order valence-electron chi connectivity index (χ1n) is 7.66. The molecule has 6 heteroatoms. The number of anilines is 1. The minimum atomic E-state index is 0. The van der Waals surface area contributed by atoms with Crippen molar-refractivity contribution in [1.29, 1.82) is 0 Å². The minimum Gasteiger partial charge on any atom is -0.367 e. The zero-order chi connectivity index (χ0) is 14.8. The lowest BCUT2D eigenvalue weighted by Gasteiger charge is -2.37. The van der Waals surface area contributed by atoms with Gasteiger partial charge in [0.25, 0.3) is 0 Å². The van der Waals surface area contributed by atoms with E-state index in [2.05, 4.69) is 17.1 Å². The number of para-hydroxylation sites is 1. The third-order valence-electron chi connectivity index (χ3n) is 4.62. The van der Waals surface area contributed by atoms with Gasteiger partial charge in [-0.15, -0.1) is 12.4 Å². The van der Waals surface area contributed by atoms with Crippen LogP contribution in [0.1, 0.15) is 6.92 Å². The zero-order valence-electron chi connectivity index (χ0n) is 12.8. The summed E-state index contributed by atoms with van der Waals surface area (Å²) in [7, 11) is 0. The molecule has 1 aromatic carbocycles. The van der Waals surface area contributed by atoms with Gasteiger partial charge in [-0.25, -0.2) is 0 Å². The van der Waals surface area contributed by atoms with Gasteiger partial charge in [-0.3, -0.25) is 4.79 Å². The summed E-state index contributed by atoms with van der Waals surface area (Å²) in [5.41, 5.74) is 1.07. The summed E-state index contributed by atoms with van der Waals surface area (Å²) < 4.78 is 0. The van der Waals surface area contributed by atoms with Crippen LogP contribution in [0.3, 0.4) is 0 Å². The Morgan fingerprint density at radius 2 is 1.86 bits per heavy atom. The Morgan fingerprint density at radius 1 is 1.18 bits per heavy atom. The average Bonchev–Trinajstić information content (AvgIpc) is 2.93. The van der Waals surface area contributed by atoms with E-state index in [4.69, 9.17) is 11.6 Å². The SMILES string of the molecule is C[C@@H]1CNC[C@H]1C(=O)N1CCN(c2ccccc2Cl)CC1.Cl. The predicted octanol–water partition coefficient (Wildman–Crippen LogP) is 2.27. The van der Waals surface area contributed by atoms with Crippen molar-refractivity contribution in [1.82, 2.24) is 10.2 Å². The third-order valence-corrected chi connectivity index (χ3v) is 4.94. The van der Waals surface area contributed by atoms with Crippen molar-refractivity contribution < 1.29 is 4.79 Å². The Bertz CT molecular complexity index is 518. The minimum absolute atomic E-state index is 0. The number of carbonyl (C=O) groups is 1. The van der Waals surface area contributed by atoms with E-state index in [1.807, 2.05) is 29.2 Å². The zero-order valence-corrected chi connectivity index (χ0v) is 14.4. The molecule has 1 N–H and O–H groups in total. The smallest absolute Gasteiger partial charge is 0.227 e. The molecule has 0 saturated carbocycles. The number of hydrogen-bond donors (Lipinski definition) is 1. The quantitative estimate of drug-likeness (QED) is 0.894. The topological polar surface area (TPSA) is 35.6 Å². The average molecular weight is 344 g/mol. The van der Waals surface area contributed by atoms with Gasteiger partial charge in [0.2, 0.25) is 5.91 Å². The lowest BCUT2D eigenvalue weighted by atomic mass is 9.96. The first kappa shape index (κ1) is 17.4. The van der Waals surface area contributed by atoms with Gasteiger partial charge in [0.1, 0.15) is 0 Å². The maximum absolute atomic E-state index is 12.6. The van der Waals surface area contributed by atoms with Crippen LogP contribution in [-0.4, -0.2) is 50.1 Å². The molecule has 122 valence electrons. The van der Waals surface area contributed by atoms with Crippen molar-refractivity contribution in [3.05, 3.63) is 29.3 Å². The lowest BCUT2D eigenvalue weighted by molar-refractivity contribution is -0.136. The van der Waals surface area contributed by atoms with E-state index < -0.39 is 0 Å². The molecule has 1 aromatic rings. The Balaban J connectivity index is 0.00000176. The molecule has 0 radical (unpaired) electrons. The van der Waals surface area contributed by atoms with Crippen LogP contribution in [-0.2, 0) is 4.79 Å². The summed E-state index contributed by atoms with van der Waals surface area (Å²) in [6.07, 6.45) is 0. The highest BCUT2D eigenvalue weighted by Crippen LogP contribution is 2.27. The maximum atomic E-state index is 12.6. The van der Waals surface area contributed by atoms with Crippen LogP contribution in [0, 0.1) is 11.8 Å². The normalized spacial score (nSPS) is 25.0. The molecule has 2 atom stereocenters. The highest BCUT2D eigenvalue weighted by atomic mass is 35.5. The van der Waals surface area contributed by atoms with E-state index in [1.54, 1.807) is 0 Å². The maximum Gasteiger partial charge on any atom is 0.227 e. The Hall–Kier alpha value is -0.970. The molecule has 0 aliphatic carbocycles. The Labute approximate surface area is 143 Å². The fraction of sp³-hybridized carbons (Fsp3) is 0.562. The monoisotopic (exact) mass is 343 g/mol. The van der Waals surface area contributed by atoms with Crippen molar-refractivity contribution in [2.75, 3.05) is 44.2 Å². The first-order chi connectivity index (χ1) is 10.2. The van der Waals surface area contributed by atoms with Crippen LogP contribution in [0.25, 0.3) is 0 Å². The fourth-order valence-electron chi connectivity index (χ4n) is 3.25. The molecule has 2 aliphatic heterocycles. The van der Waals surface area contributed by atoms with Gasteiger partial charge in [-0.1, -0.05) is 30.7 Å². The number of carbonyl (C=O) groups excluding carboxylic acids is 1. The molecule has 2 saturated heterocycles. The first-order valence-corrected chi connectivity index (χ1v) is 8.03. The van der Waals surface area contributed by atoms with E-state index in [-0.39, 0.29) is 18.3 Å². The van der Waals surface area contributed by atoms with Crippen molar-refractivity contribution in [2.24, 2.45) is 11.8 Å². The molecule has 2 aliphatic rings. The Morgan fingerprint density at radius 3 is 2.45 bits per heavy atom. The predicted molar refractivity (Wildman–Crippen MR) is 93.0 cm³/mol. The van der Waals surface area contributed by atoms with Crippen LogP contribution in [0.4, 0.5) is 5.69 Å². The second-order valence-corrected chi connectivity index (χ2v) is 6.41.